The van der Waals surface area contributed by atoms with E-state index < -0.39 is 11.8 Å². The first kappa shape index (κ1) is 30.2. The topological polar surface area (TPSA) is 59.1 Å². The molecular weight excluding hydrogens is 648 g/mol. The zero-order valence-corrected chi connectivity index (χ0v) is 27.1. The quantitative estimate of drug-likeness (QED) is 0.0936. The summed E-state index contributed by atoms with van der Waals surface area (Å²) in [6, 6.07) is 34.2. The number of para-hydroxylation sites is 2. The number of carbonyl (C=O) groups is 2. The number of anilines is 2. The van der Waals surface area contributed by atoms with Crippen molar-refractivity contribution in [2.45, 2.75) is 20.5 Å². The lowest BCUT2D eigenvalue weighted by Crippen LogP contribution is -2.56. The van der Waals surface area contributed by atoms with Gasteiger partial charge in [0.2, 0.25) is 0 Å². The van der Waals surface area contributed by atoms with Crippen LogP contribution in [0.25, 0.3) is 16.8 Å². The molecule has 45 heavy (non-hydrogen) atoms. The Kier molecular flexibility index (Phi) is 8.78. The normalized spacial score (nSPS) is 13.4. The molecule has 0 radical (unpaired) electrons. The van der Waals surface area contributed by atoms with E-state index in [2.05, 4.69) is 47.1 Å². The number of halogens is 1. The summed E-state index contributed by atoms with van der Waals surface area (Å²) in [6.07, 6.45) is 1.57. The summed E-state index contributed by atoms with van der Waals surface area (Å²) in [5.74, 6) is 0.00162. The van der Waals surface area contributed by atoms with Crippen LogP contribution in [0.1, 0.15) is 23.6 Å². The van der Waals surface area contributed by atoms with Gasteiger partial charge in [0, 0.05) is 5.56 Å². The number of carbonyl (C=O) groups excluding carboxylic acids is 2. The number of amides is 2. The Hall–Kier alpha value is -4.79. The van der Waals surface area contributed by atoms with Crippen LogP contribution >= 0.6 is 28.1 Å². The van der Waals surface area contributed by atoms with Crippen molar-refractivity contribution < 1.29 is 19.1 Å². The second-order valence-corrected chi connectivity index (χ2v) is 11.6. The summed E-state index contributed by atoms with van der Waals surface area (Å²) in [6.45, 7) is 4.69. The molecule has 5 aromatic carbocycles. The van der Waals surface area contributed by atoms with Crippen molar-refractivity contribution in [1.82, 2.24) is 0 Å². The van der Waals surface area contributed by atoms with Gasteiger partial charge in [-0.05, 0) is 106 Å². The standard InChI is InChI=1S/C37H29BrN2O4S/c1-3-43-33-22-25(21-32(38)34(33)44-23-31-24(2)18-19-26-12-10-11-17-29(26)31)20-30-35(41)39(27-13-6-4-7-14-27)37(45)40(36(30)42)28-15-8-5-9-16-28/h4-22H,3,23H2,1-2H3. The van der Waals surface area contributed by atoms with Crippen LogP contribution in [0, 0.1) is 6.92 Å². The molecule has 2 amide bonds. The van der Waals surface area contributed by atoms with Gasteiger partial charge in [0.15, 0.2) is 16.6 Å². The molecule has 1 heterocycles. The number of nitrogens with zero attached hydrogens (tertiary/aromatic N) is 2. The molecule has 1 fully saturated rings. The molecule has 0 aliphatic carbocycles. The van der Waals surface area contributed by atoms with Crippen LogP contribution in [-0.4, -0.2) is 23.5 Å². The number of rotatable bonds is 8. The maximum Gasteiger partial charge on any atom is 0.270 e. The highest BCUT2D eigenvalue weighted by atomic mass is 79.9. The number of thiocarbonyl (C=S) groups is 1. The van der Waals surface area contributed by atoms with Gasteiger partial charge in [-0.25, -0.2) is 0 Å². The van der Waals surface area contributed by atoms with Gasteiger partial charge in [0.1, 0.15) is 12.2 Å². The van der Waals surface area contributed by atoms with E-state index >= 15 is 0 Å². The third-order valence-corrected chi connectivity index (χ3v) is 8.51. The Bertz CT molecular complexity index is 1900. The van der Waals surface area contributed by atoms with E-state index in [1.807, 2.05) is 61.5 Å². The fraction of sp³-hybridized carbons (Fsp3) is 0.108. The van der Waals surface area contributed by atoms with Crippen molar-refractivity contribution in [1.29, 1.82) is 0 Å². The van der Waals surface area contributed by atoms with E-state index in [0.29, 0.717) is 46.1 Å². The number of hydrogen-bond acceptors (Lipinski definition) is 5. The minimum absolute atomic E-state index is 0.0364. The van der Waals surface area contributed by atoms with Crippen LogP contribution in [0.15, 0.2) is 119 Å². The van der Waals surface area contributed by atoms with Crippen molar-refractivity contribution in [3.05, 3.63) is 136 Å². The summed E-state index contributed by atoms with van der Waals surface area (Å²) >= 11 is 9.39. The second-order valence-electron chi connectivity index (χ2n) is 10.4. The SMILES string of the molecule is CCOc1cc(C=C2C(=O)N(c3ccccc3)C(=S)N(c3ccccc3)C2=O)cc(Br)c1OCc1c(C)ccc2ccccc12. The monoisotopic (exact) mass is 676 g/mol. The minimum atomic E-state index is -0.510. The molecule has 1 aliphatic heterocycles. The fourth-order valence-electron chi connectivity index (χ4n) is 5.36. The fourth-order valence-corrected chi connectivity index (χ4v) is 6.31. The molecule has 0 atom stereocenters. The second kappa shape index (κ2) is 13.1. The summed E-state index contributed by atoms with van der Waals surface area (Å²) in [5.41, 5.74) is 3.90. The van der Waals surface area contributed by atoms with Gasteiger partial charge in [-0.1, -0.05) is 72.8 Å². The van der Waals surface area contributed by atoms with Crippen molar-refractivity contribution in [2.24, 2.45) is 0 Å². The number of aryl methyl sites for hydroxylation is 1. The van der Waals surface area contributed by atoms with Crippen molar-refractivity contribution in [2.75, 3.05) is 16.4 Å². The molecule has 0 saturated carbocycles. The minimum Gasteiger partial charge on any atom is -0.490 e. The first-order chi connectivity index (χ1) is 21.9. The van der Waals surface area contributed by atoms with E-state index in [4.69, 9.17) is 21.7 Å². The van der Waals surface area contributed by atoms with E-state index in [9.17, 15) is 9.59 Å². The number of fused-ring (bicyclic) bond motifs is 1. The number of ether oxygens (including phenoxy) is 2. The molecule has 1 aliphatic rings. The largest absolute Gasteiger partial charge is 0.490 e. The Morgan fingerprint density at radius 3 is 2.00 bits per heavy atom. The van der Waals surface area contributed by atoms with Gasteiger partial charge >= 0.3 is 0 Å². The van der Waals surface area contributed by atoms with Crippen LogP contribution in [0.2, 0.25) is 0 Å². The van der Waals surface area contributed by atoms with Crippen molar-refractivity contribution >= 4 is 73.3 Å². The van der Waals surface area contributed by atoms with E-state index in [-0.39, 0.29) is 10.7 Å². The van der Waals surface area contributed by atoms with Gasteiger partial charge in [0.25, 0.3) is 11.8 Å². The summed E-state index contributed by atoms with van der Waals surface area (Å²) in [7, 11) is 0. The zero-order chi connectivity index (χ0) is 31.5. The Balaban J connectivity index is 1.39. The number of hydrogen-bond donors (Lipinski definition) is 0. The highest BCUT2D eigenvalue weighted by molar-refractivity contribution is 9.10. The van der Waals surface area contributed by atoms with Crippen LogP contribution in [0.5, 0.6) is 11.5 Å². The average Bonchev–Trinajstić information content (AvgIpc) is 3.05. The molecular formula is C37H29BrN2O4S. The molecule has 8 heteroatoms. The summed E-state index contributed by atoms with van der Waals surface area (Å²) < 4.78 is 13.0. The van der Waals surface area contributed by atoms with Gasteiger partial charge in [-0.3, -0.25) is 19.4 Å². The molecule has 6 nitrogen and oxygen atoms in total. The Morgan fingerprint density at radius 1 is 0.778 bits per heavy atom. The lowest BCUT2D eigenvalue weighted by atomic mass is 10.0. The average molecular weight is 678 g/mol. The maximum atomic E-state index is 13.9. The molecule has 0 aromatic heterocycles. The molecule has 1 saturated heterocycles. The van der Waals surface area contributed by atoms with E-state index in [0.717, 1.165) is 21.9 Å². The van der Waals surface area contributed by atoms with Crippen LogP contribution in [0.3, 0.4) is 0 Å². The Labute approximate surface area is 275 Å². The van der Waals surface area contributed by atoms with Gasteiger partial charge in [0.05, 0.1) is 22.5 Å². The molecule has 0 spiro atoms. The van der Waals surface area contributed by atoms with Gasteiger partial charge in [-0.2, -0.15) is 0 Å². The summed E-state index contributed by atoms with van der Waals surface area (Å²) in [5, 5.41) is 2.36. The number of benzene rings is 5. The molecule has 0 bridgehead atoms. The first-order valence-electron chi connectivity index (χ1n) is 14.5. The molecule has 224 valence electrons. The smallest absolute Gasteiger partial charge is 0.270 e. The van der Waals surface area contributed by atoms with Crippen LogP contribution in [0.4, 0.5) is 11.4 Å². The molecule has 0 unspecified atom stereocenters. The van der Waals surface area contributed by atoms with Crippen molar-refractivity contribution in [3.8, 4) is 11.5 Å². The van der Waals surface area contributed by atoms with Gasteiger partial charge < -0.3 is 9.47 Å². The molecule has 0 N–H and O–H groups in total. The van der Waals surface area contributed by atoms with Crippen molar-refractivity contribution in [3.63, 3.8) is 0 Å². The third-order valence-electron chi connectivity index (χ3n) is 7.56. The zero-order valence-electron chi connectivity index (χ0n) is 24.7. The highest BCUT2D eigenvalue weighted by Gasteiger charge is 2.41. The summed E-state index contributed by atoms with van der Waals surface area (Å²) in [4.78, 5) is 30.7. The molecule has 6 rings (SSSR count). The van der Waals surface area contributed by atoms with Crippen LogP contribution in [-0.2, 0) is 16.2 Å². The molecule has 5 aromatic rings. The van der Waals surface area contributed by atoms with Gasteiger partial charge in [-0.15, -0.1) is 0 Å². The highest BCUT2D eigenvalue weighted by Crippen LogP contribution is 2.39. The maximum absolute atomic E-state index is 13.9. The Morgan fingerprint density at radius 2 is 1.38 bits per heavy atom. The lowest BCUT2D eigenvalue weighted by Gasteiger charge is -2.36. The lowest BCUT2D eigenvalue weighted by molar-refractivity contribution is -0.120. The van der Waals surface area contributed by atoms with E-state index in [1.54, 1.807) is 36.4 Å². The van der Waals surface area contributed by atoms with E-state index in [1.165, 1.54) is 9.80 Å². The predicted octanol–water partition coefficient (Wildman–Crippen LogP) is 8.64. The predicted molar refractivity (Wildman–Crippen MR) is 187 cm³/mol. The third kappa shape index (κ3) is 5.99. The first-order valence-corrected chi connectivity index (χ1v) is 15.7. The van der Waals surface area contributed by atoms with Crippen LogP contribution < -0.4 is 19.3 Å².